The Morgan fingerprint density at radius 1 is 0.419 bits per heavy atom. The van der Waals surface area contributed by atoms with E-state index in [0.717, 1.165) is 13.0 Å². The van der Waals surface area contributed by atoms with Gasteiger partial charge >= 0.3 is 5.97 Å². The Balaban J connectivity index is 3.06. The molecule has 0 N–H and O–H groups in total. The van der Waals surface area contributed by atoms with Crippen LogP contribution in [0.25, 0.3) is 0 Å². The molecule has 1 unspecified atom stereocenters. The van der Waals surface area contributed by atoms with Crippen LogP contribution >= 0.6 is 0 Å². The SMILES string of the molecule is CCOC(=O)CCOCCOCCOCCOCCOCCOCCOCCOCCOCCOCCOCC(C)CC. The van der Waals surface area contributed by atoms with Crippen molar-refractivity contribution in [2.24, 2.45) is 5.92 Å². The Morgan fingerprint density at radius 2 is 0.674 bits per heavy atom. The van der Waals surface area contributed by atoms with E-state index in [0.29, 0.717) is 151 Å². The van der Waals surface area contributed by atoms with E-state index in [1.807, 2.05) is 0 Å². The summed E-state index contributed by atoms with van der Waals surface area (Å²) in [5.74, 6) is 0.346. The zero-order valence-corrected chi connectivity index (χ0v) is 27.1. The number of carbonyl (C=O) groups is 1. The van der Waals surface area contributed by atoms with Gasteiger partial charge in [-0.05, 0) is 12.8 Å². The highest BCUT2D eigenvalue weighted by atomic mass is 16.6. The second-order valence-electron chi connectivity index (χ2n) is 9.27. The summed E-state index contributed by atoms with van der Waals surface area (Å²) in [6.07, 6.45) is 1.39. The van der Waals surface area contributed by atoms with Crippen LogP contribution in [-0.2, 0) is 61.6 Å². The molecule has 43 heavy (non-hydrogen) atoms. The summed E-state index contributed by atoms with van der Waals surface area (Å²) < 4.78 is 64.7. The molecule has 0 spiro atoms. The monoisotopic (exact) mass is 628 g/mol. The average Bonchev–Trinajstić information content (AvgIpc) is 3.01. The van der Waals surface area contributed by atoms with Gasteiger partial charge in [0.05, 0.1) is 152 Å². The van der Waals surface area contributed by atoms with Crippen molar-refractivity contribution in [2.45, 2.75) is 33.6 Å². The maximum Gasteiger partial charge on any atom is 0.308 e. The lowest BCUT2D eigenvalue weighted by atomic mass is 10.1. The van der Waals surface area contributed by atoms with Gasteiger partial charge in [0.15, 0.2) is 0 Å². The molecule has 0 rings (SSSR count). The minimum absolute atomic E-state index is 0.249. The Bertz CT molecular complexity index is 542. The highest BCUT2D eigenvalue weighted by molar-refractivity contribution is 5.69. The van der Waals surface area contributed by atoms with Crippen molar-refractivity contribution in [1.29, 1.82) is 0 Å². The highest BCUT2D eigenvalue weighted by Crippen LogP contribution is 2.00. The molecule has 0 aromatic carbocycles. The highest BCUT2D eigenvalue weighted by Gasteiger charge is 2.01. The third kappa shape index (κ3) is 37.1. The molecule has 0 bridgehead atoms. The minimum atomic E-state index is -0.249. The molecule has 13 heteroatoms. The number of rotatable bonds is 37. The van der Waals surface area contributed by atoms with Crippen LogP contribution in [0.15, 0.2) is 0 Å². The molecule has 0 aliphatic rings. The van der Waals surface area contributed by atoms with E-state index >= 15 is 0 Å². The van der Waals surface area contributed by atoms with Gasteiger partial charge in [0.1, 0.15) is 0 Å². The first-order chi connectivity index (χ1) is 21.2. The van der Waals surface area contributed by atoms with Crippen LogP contribution in [0.4, 0.5) is 0 Å². The number of hydrogen-bond donors (Lipinski definition) is 0. The number of ether oxygens (including phenoxy) is 12. The van der Waals surface area contributed by atoms with Crippen LogP contribution in [0.5, 0.6) is 0 Å². The third-order valence-corrected chi connectivity index (χ3v) is 5.58. The second-order valence-corrected chi connectivity index (χ2v) is 9.27. The minimum Gasteiger partial charge on any atom is -0.466 e. The van der Waals surface area contributed by atoms with E-state index in [9.17, 15) is 4.79 Å². The molecule has 13 nitrogen and oxygen atoms in total. The van der Waals surface area contributed by atoms with Crippen molar-refractivity contribution in [2.75, 3.05) is 152 Å². The van der Waals surface area contributed by atoms with Crippen LogP contribution < -0.4 is 0 Å². The van der Waals surface area contributed by atoms with E-state index in [1.54, 1.807) is 6.92 Å². The fourth-order valence-corrected chi connectivity index (χ4v) is 2.99. The molecule has 0 heterocycles. The molecule has 1 atom stereocenters. The van der Waals surface area contributed by atoms with Crippen LogP contribution in [0.1, 0.15) is 33.6 Å². The molecule has 0 fully saturated rings. The quantitative estimate of drug-likeness (QED) is 0.0737. The summed E-state index contributed by atoms with van der Waals surface area (Å²) in [5.41, 5.74) is 0. The summed E-state index contributed by atoms with van der Waals surface area (Å²) in [6, 6.07) is 0. The Labute approximate surface area is 259 Å². The predicted molar refractivity (Wildman–Crippen MR) is 160 cm³/mol. The van der Waals surface area contributed by atoms with Gasteiger partial charge in [-0.25, -0.2) is 0 Å². The molecule has 0 saturated carbocycles. The summed E-state index contributed by atoms with van der Waals surface area (Å²) in [7, 11) is 0. The maximum absolute atomic E-state index is 11.1. The van der Waals surface area contributed by atoms with Gasteiger partial charge in [-0.2, -0.15) is 0 Å². The molecular weight excluding hydrogens is 568 g/mol. The first-order valence-electron chi connectivity index (χ1n) is 15.7. The third-order valence-electron chi connectivity index (χ3n) is 5.58. The molecule has 0 aromatic heterocycles. The van der Waals surface area contributed by atoms with Crippen molar-refractivity contribution in [3.63, 3.8) is 0 Å². The standard InChI is InChI=1S/C30H60O13/c1-4-29(3)28-42-27-26-41-25-24-40-23-22-39-21-20-38-19-18-37-17-16-36-15-14-35-13-12-34-11-10-33-9-8-32-7-6-30(31)43-5-2/h29H,4-28H2,1-3H3. The van der Waals surface area contributed by atoms with E-state index in [4.69, 9.17) is 56.8 Å². The molecule has 0 radical (unpaired) electrons. The largest absolute Gasteiger partial charge is 0.466 e. The van der Waals surface area contributed by atoms with Gasteiger partial charge < -0.3 is 56.8 Å². The van der Waals surface area contributed by atoms with Crippen molar-refractivity contribution < 1.29 is 61.6 Å². The Morgan fingerprint density at radius 3 is 0.930 bits per heavy atom. The van der Waals surface area contributed by atoms with Crippen molar-refractivity contribution in [3.05, 3.63) is 0 Å². The summed E-state index contributed by atoms with van der Waals surface area (Å²) in [6.45, 7) is 17.9. The average molecular weight is 629 g/mol. The zero-order chi connectivity index (χ0) is 31.3. The molecule has 0 amide bonds. The topological polar surface area (TPSA) is 128 Å². The van der Waals surface area contributed by atoms with Crippen molar-refractivity contribution in [3.8, 4) is 0 Å². The summed E-state index contributed by atoms with van der Waals surface area (Å²) >= 11 is 0. The number of esters is 1. The lowest BCUT2D eigenvalue weighted by Gasteiger charge is -2.10. The first kappa shape index (κ1) is 42.0. The molecule has 0 aromatic rings. The van der Waals surface area contributed by atoms with Crippen LogP contribution in [-0.4, -0.2) is 158 Å². The second kappa shape index (κ2) is 37.2. The molecule has 0 aliphatic carbocycles. The smallest absolute Gasteiger partial charge is 0.308 e. The van der Waals surface area contributed by atoms with Crippen LogP contribution in [0.2, 0.25) is 0 Å². The van der Waals surface area contributed by atoms with E-state index in [-0.39, 0.29) is 12.4 Å². The summed E-state index contributed by atoms with van der Waals surface area (Å²) in [5, 5.41) is 0. The van der Waals surface area contributed by atoms with E-state index in [2.05, 4.69) is 13.8 Å². The van der Waals surface area contributed by atoms with E-state index in [1.165, 1.54) is 0 Å². The fourth-order valence-electron chi connectivity index (χ4n) is 2.99. The van der Waals surface area contributed by atoms with Gasteiger partial charge in [0.25, 0.3) is 0 Å². The van der Waals surface area contributed by atoms with Gasteiger partial charge in [0.2, 0.25) is 0 Å². The molecule has 0 aliphatic heterocycles. The van der Waals surface area contributed by atoms with Gasteiger partial charge in [0, 0.05) is 6.61 Å². The lowest BCUT2D eigenvalue weighted by molar-refractivity contribution is -0.144. The van der Waals surface area contributed by atoms with Gasteiger partial charge in [-0.1, -0.05) is 20.3 Å². The van der Waals surface area contributed by atoms with Crippen LogP contribution in [0.3, 0.4) is 0 Å². The summed E-state index contributed by atoms with van der Waals surface area (Å²) in [4.78, 5) is 11.1. The molecular formula is C30H60O13. The van der Waals surface area contributed by atoms with E-state index < -0.39 is 0 Å². The Hall–Kier alpha value is -0.970. The fraction of sp³-hybridized carbons (Fsp3) is 0.967. The number of carbonyl (C=O) groups excluding carboxylic acids is 1. The lowest BCUT2D eigenvalue weighted by Crippen LogP contribution is -2.15. The van der Waals surface area contributed by atoms with Crippen molar-refractivity contribution >= 4 is 5.97 Å². The van der Waals surface area contributed by atoms with Crippen LogP contribution in [0, 0.1) is 5.92 Å². The van der Waals surface area contributed by atoms with Crippen molar-refractivity contribution in [1.82, 2.24) is 0 Å². The molecule has 0 saturated heterocycles. The first-order valence-corrected chi connectivity index (χ1v) is 15.7. The van der Waals surface area contributed by atoms with Gasteiger partial charge in [-0.3, -0.25) is 4.79 Å². The normalized spacial score (nSPS) is 12.2. The zero-order valence-electron chi connectivity index (χ0n) is 27.1. The van der Waals surface area contributed by atoms with Gasteiger partial charge in [-0.15, -0.1) is 0 Å². The Kier molecular flexibility index (Phi) is 36.4. The number of hydrogen-bond acceptors (Lipinski definition) is 13. The predicted octanol–water partition coefficient (Wildman–Crippen LogP) is 2.17. The molecule has 258 valence electrons. The maximum atomic E-state index is 11.1.